The molecule has 1 aliphatic rings. The van der Waals surface area contributed by atoms with Crippen LogP contribution in [-0.2, 0) is 32.5 Å². The summed E-state index contributed by atoms with van der Waals surface area (Å²) >= 11 is 0. The number of fused-ring (bicyclic) bond motifs is 2. The van der Waals surface area contributed by atoms with Gasteiger partial charge in [-0.1, -0.05) is 54.1 Å². The van der Waals surface area contributed by atoms with Crippen LogP contribution in [0.4, 0.5) is 0 Å². The van der Waals surface area contributed by atoms with Gasteiger partial charge in [-0.25, -0.2) is 16.8 Å². The second-order valence-electron chi connectivity index (χ2n) is 7.32. The highest BCUT2D eigenvalue weighted by molar-refractivity contribution is 8.10. The van der Waals surface area contributed by atoms with Crippen LogP contribution in [0.3, 0.4) is 0 Å². The normalized spacial score (nSPS) is 16.4. The maximum absolute atomic E-state index is 13.5. The molecule has 4 rings (SSSR count). The van der Waals surface area contributed by atoms with Gasteiger partial charge in [0.25, 0.3) is 0 Å². The van der Waals surface area contributed by atoms with E-state index in [1.54, 1.807) is 12.1 Å². The third-order valence-corrected chi connectivity index (χ3v) is 10.9. The Kier molecular flexibility index (Phi) is 3.98. The van der Waals surface area contributed by atoms with E-state index < -0.39 is 23.8 Å². The van der Waals surface area contributed by atoms with E-state index in [4.69, 9.17) is 0 Å². The van der Waals surface area contributed by atoms with Crippen molar-refractivity contribution in [2.75, 3.05) is 6.26 Å². The SMILES string of the molecule is Cc1ccc(S(=O)(=O)C2(S(C)(=O)=O)Cc3cc4ccccc4cc3C2)cc1. The number of benzene rings is 3. The van der Waals surface area contributed by atoms with Crippen LogP contribution in [0.15, 0.2) is 65.6 Å². The number of aryl methyl sites for hydroxylation is 1. The molecule has 4 nitrogen and oxygen atoms in total. The van der Waals surface area contributed by atoms with Crippen LogP contribution in [0.1, 0.15) is 16.7 Å². The van der Waals surface area contributed by atoms with E-state index in [0.29, 0.717) is 0 Å². The quantitative estimate of drug-likeness (QED) is 0.675. The Balaban J connectivity index is 1.93. The van der Waals surface area contributed by atoms with Gasteiger partial charge in [-0.3, -0.25) is 0 Å². The molecular formula is C21H20O4S2. The summed E-state index contributed by atoms with van der Waals surface area (Å²) in [6, 6.07) is 17.9. The predicted octanol–water partition coefficient (Wildman–Crippen LogP) is 3.46. The zero-order valence-electron chi connectivity index (χ0n) is 15.1. The monoisotopic (exact) mass is 400 g/mol. The summed E-state index contributed by atoms with van der Waals surface area (Å²) in [5.41, 5.74) is 2.49. The molecule has 140 valence electrons. The molecule has 0 aromatic heterocycles. The fourth-order valence-corrected chi connectivity index (χ4v) is 8.22. The highest BCUT2D eigenvalue weighted by atomic mass is 32.3. The van der Waals surface area contributed by atoms with Crippen molar-refractivity contribution in [2.24, 2.45) is 0 Å². The van der Waals surface area contributed by atoms with Crippen molar-refractivity contribution >= 4 is 30.4 Å². The minimum atomic E-state index is -4.09. The Labute approximate surface area is 159 Å². The van der Waals surface area contributed by atoms with Crippen molar-refractivity contribution in [1.29, 1.82) is 0 Å². The first-order valence-electron chi connectivity index (χ1n) is 8.65. The van der Waals surface area contributed by atoms with Crippen LogP contribution < -0.4 is 0 Å². The van der Waals surface area contributed by atoms with Gasteiger partial charge in [0.2, 0.25) is 0 Å². The molecule has 6 heteroatoms. The molecule has 0 amide bonds. The minimum absolute atomic E-state index is 0.0256. The average Bonchev–Trinajstić information content (AvgIpc) is 3.00. The van der Waals surface area contributed by atoms with E-state index >= 15 is 0 Å². The molecular weight excluding hydrogens is 380 g/mol. The van der Waals surface area contributed by atoms with Crippen LogP contribution in [0.5, 0.6) is 0 Å². The molecule has 0 saturated heterocycles. The molecule has 1 aliphatic carbocycles. The average molecular weight is 401 g/mol. The Morgan fingerprint density at radius 3 is 1.70 bits per heavy atom. The van der Waals surface area contributed by atoms with Crippen LogP contribution >= 0.6 is 0 Å². The zero-order chi connectivity index (χ0) is 19.4. The second-order valence-corrected chi connectivity index (χ2v) is 12.2. The van der Waals surface area contributed by atoms with Gasteiger partial charge in [-0.15, -0.1) is 0 Å². The molecule has 0 fully saturated rings. The molecule has 0 heterocycles. The first kappa shape index (κ1) is 18.2. The van der Waals surface area contributed by atoms with Crippen LogP contribution in [-0.4, -0.2) is 27.2 Å². The molecule has 0 unspecified atom stereocenters. The molecule has 27 heavy (non-hydrogen) atoms. The van der Waals surface area contributed by atoms with Crippen molar-refractivity contribution in [2.45, 2.75) is 28.7 Å². The maximum Gasteiger partial charge on any atom is 0.199 e. The predicted molar refractivity (Wildman–Crippen MR) is 107 cm³/mol. The van der Waals surface area contributed by atoms with E-state index in [2.05, 4.69) is 0 Å². The first-order chi connectivity index (χ1) is 12.6. The highest BCUT2D eigenvalue weighted by Gasteiger charge is 2.56. The van der Waals surface area contributed by atoms with E-state index in [-0.39, 0.29) is 17.7 Å². The van der Waals surface area contributed by atoms with Crippen LogP contribution in [0.25, 0.3) is 10.8 Å². The van der Waals surface area contributed by atoms with E-state index in [1.165, 1.54) is 12.1 Å². The van der Waals surface area contributed by atoms with Gasteiger partial charge in [0.15, 0.2) is 23.8 Å². The van der Waals surface area contributed by atoms with Crippen molar-refractivity contribution < 1.29 is 16.8 Å². The van der Waals surface area contributed by atoms with Crippen molar-refractivity contribution in [3.8, 4) is 0 Å². The number of hydrogen-bond acceptors (Lipinski definition) is 4. The standard InChI is InChI=1S/C21H20O4S2/c1-15-7-9-20(10-8-15)27(24,25)21(26(2,22)23)13-18-11-16-5-3-4-6-17(16)12-19(18)14-21/h3-12H,13-14H2,1-2H3. The molecule has 0 bridgehead atoms. The highest BCUT2D eigenvalue weighted by Crippen LogP contribution is 2.44. The zero-order valence-corrected chi connectivity index (χ0v) is 16.8. The van der Waals surface area contributed by atoms with Crippen molar-refractivity contribution in [3.63, 3.8) is 0 Å². The molecule has 0 saturated carbocycles. The van der Waals surface area contributed by atoms with Gasteiger partial charge >= 0.3 is 0 Å². The van der Waals surface area contributed by atoms with E-state index in [1.807, 2.05) is 43.3 Å². The molecule has 0 aliphatic heterocycles. The van der Waals surface area contributed by atoms with Gasteiger partial charge in [0.05, 0.1) is 4.90 Å². The van der Waals surface area contributed by atoms with Crippen molar-refractivity contribution in [1.82, 2.24) is 0 Å². The lowest BCUT2D eigenvalue weighted by molar-refractivity contribution is 0.545. The lowest BCUT2D eigenvalue weighted by Crippen LogP contribution is -2.46. The number of hydrogen-bond donors (Lipinski definition) is 0. The topological polar surface area (TPSA) is 68.3 Å². The summed E-state index contributed by atoms with van der Waals surface area (Å²) in [5.74, 6) is 0. The largest absolute Gasteiger partial charge is 0.227 e. The van der Waals surface area contributed by atoms with E-state index in [9.17, 15) is 16.8 Å². The summed E-state index contributed by atoms with van der Waals surface area (Å²) in [7, 11) is -7.99. The second kappa shape index (κ2) is 5.91. The van der Waals surface area contributed by atoms with E-state index in [0.717, 1.165) is 33.7 Å². The molecule has 0 radical (unpaired) electrons. The van der Waals surface area contributed by atoms with Gasteiger partial charge in [-0.2, -0.15) is 0 Å². The fourth-order valence-electron chi connectivity index (χ4n) is 3.89. The fraction of sp³-hybridized carbons (Fsp3) is 0.238. The summed E-state index contributed by atoms with van der Waals surface area (Å²) in [5, 5.41) is 1.96. The summed E-state index contributed by atoms with van der Waals surface area (Å²) in [4.78, 5) is 0.0517. The van der Waals surface area contributed by atoms with Gasteiger partial charge in [-0.05, 0) is 41.0 Å². The maximum atomic E-state index is 13.5. The molecule has 0 atom stereocenters. The Morgan fingerprint density at radius 1 is 0.778 bits per heavy atom. The third kappa shape index (κ3) is 2.70. The Bertz CT molecular complexity index is 1210. The molecule has 3 aromatic carbocycles. The van der Waals surface area contributed by atoms with Gasteiger partial charge < -0.3 is 0 Å². The molecule has 0 N–H and O–H groups in total. The summed E-state index contributed by atoms with van der Waals surface area (Å²) in [6.07, 6.45) is 0.981. The third-order valence-electron chi connectivity index (χ3n) is 5.48. The minimum Gasteiger partial charge on any atom is -0.227 e. The van der Waals surface area contributed by atoms with Crippen LogP contribution in [0, 0.1) is 6.92 Å². The first-order valence-corrected chi connectivity index (χ1v) is 12.0. The summed E-state index contributed by atoms with van der Waals surface area (Å²) in [6.45, 7) is 1.86. The number of sulfone groups is 2. The lowest BCUT2D eigenvalue weighted by Gasteiger charge is -2.27. The van der Waals surface area contributed by atoms with Crippen molar-refractivity contribution in [3.05, 3.63) is 77.4 Å². The van der Waals surface area contributed by atoms with Crippen LogP contribution in [0.2, 0.25) is 0 Å². The van der Waals surface area contributed by atoms with Gasteiger partial charge in [0, 0.05) is 19.1 Å². The molecule has 3 aromatic rings. The summed E-state index contributed by atoms with van der Waals surface area (Å²) < 4.78 is 50.8. The van der Waals surface area contributed by atoms with Gasteiger partial charge in [0.1, 0.15) is 0 Å². The Morgan fingerprint density at radius 2 is 1.26 bits per heavy atom. The lowest BCUT2D eigenvalue weighted by atomic mass is 10.0. The molecule has 0 spiro atoms. The smallest absolute Gasteiger partial charge is 0.199 e. The Hall–Kier alpha value is -2.18. The number of rotatable bonds is 3.